The minimum absolute atomic E-state index is 0.197. The van der Waals surface area contributed by atoms with Gasteiger partial charge < -0.3 is 15.2 Å². The topological polar surface area (TPSA) is 58.6 Å². The van der Waals surface area contributed by atoms with Crippen LogP contribution < -0.4 is 10.1 Å². The van der Waals surface area contributed by atoms with Crippen LogP contribution in [0.2, 0.25) is 5.02 Å². The smallest absolute Gasteiger partial charge is 0.227 e. The zero-order chi connectivity index (χ0) is 16.8. The SMILES string of the molecule is CCOc1cc(Cl)ccc1NC(=O)CC(O)c1cccc(F)c1. The van der Waals surface area contributed by atoms with Crippen molar-refractivity contribution in [3.63, 3.8) is 0 Å². The van der Waals surface area contributed by atoms with E-state index in [1.165, 1.54) is 18.2 Å². The monoisotopic (exact) mass is 337 g/mol. The van der Waals surface area contributed by atoms with Crippen LogP contribution in [0.1, 0.15) is 25.0 Å². The Kier molecular flexibility index (Phi) is 5.96. The Hall–Kier alpha value is -2.11. The van der Waals surface area contributed by atoms with Gasteiger partial charge in [0, 0.05) is 11.1 Å². The maximum absolute atomic E-state index is 13.1. The lowest BCUT2D eigenvalue weighted by Crippen LogP contribution is -2.16. The molecule has 2 aromatic rings. The van der Waals surface area contributed by atoms with Crippen molar-refractivity contribution in [1.29, 1.82) is 0 Å². The summed E-state index contributed by atoms with van der Waals surface area (Å²) in [5.41, 5.74) is 0.814. The molecule has 6 heteroatoms. The van der Waals surface area contributed by atoms with E-state index in [1.54, 1.807) is 24.3 Å². The maximum atomic E-state index is 13.1. The van der Waals surface area contributed by atoms with Gasteiger partial charge >= 0.3 is 0 Å². The third-order valence-corrected chi connectivity index (χ3v) is 3.36. The van der Waals surface area contributed by atoms with Gasteiger partial charge in [0.2, 0.25) is 5.91 Å². The molecule has 0 radical (unpaired) electrons. The van der Waals surface area contributed by atoms with Gasteiger partial charge in [-0.15, -0.1) is 0 Å². The number of hydrogen-bond acceptors (Lipinski definition) is 3. The van der Waals surface area contributed by atoms with Crippen molar-refractivity contribution >= 4 is 23.2 Å². The summed E-state index contributed by atoms with van der Waals surface area (Å²) in [4.78, 5) is 12.1. The van der Waals surface area contributed by atoms with E-state index in [2.05, 4.69) is 5.32 Å². The van der Waals surface area contributed by atoms with Crippen LogP contribution in [0.4, 0.5) is 10.1 Å². The van der Waals surface area contributed by atoms with E-state index in [0.717, 1.165) is 0 Å². The molecule has 0 fully saturated rings. The number of halogens is 2. The van der Waals surface area contributed by atoms with Crippen molar-refractivity contribution in [2.24, 2.45) is 0 Å². The first kappa shape index (κ1) is 17.2. The van der Waals surface area contributed by atoms with Gasteiger partial charge in [-0.25, -0.2) is 4.39 Å². The van der Waals surface area contributed by atoms with Gasteiger partial charge in [0.25, 0.3) is 0 Å². The summed E-state index contributed by atoms with van der Waals surface area (Å²) < 4.78 is 18.6. The summed E-state index contributed by atoms with van der Waals surface area (Å²) in [5, 5.41) is 13.2. The Balaban J connectivity index is 2.05. The van der Waals surface area contributed by atoms with Crippen molar-refractivity contribution in [1.82, 2.24) is 0 Å². The number of hydrogen-bond donors (Lipinski definition) is 2. The number of aliphatic hydroxyl groups is 1. The van der Waals surface area contributed by atoms with Crippen LogP contribution in [0.25, 0.3) is 0 Å². The van der Waals surface area contributed by atoms with E-state index in [9.17, 15) is 14.3 Å². The molecule has 0 bridgehead atoms. The van der Waals surface area contributed by atoms with Crippen molar-refractivity contribution < 1.29 is 19.0 Å². The van der Waals surface area contributed by atoms with Gasteiger partial charge in [0.05, 0.1) is 24.8 Å². The first-order valence-corrected chi connectivity index (χ1v) is 7.53. The van der Waals surface area contributed by atoms with Gasteiger partial charge in [0.15, 0.2) is 0 Å². The second-order valence-corrected chi connectivity index (χ2v) is 5.33. The molecule has 122 valence electrons. The second kappa shape index (κ2) is 7.94. The Morgan fingerprint density at radius 1 is 1.35 bits per heavy atom. The molecule has 0 aromatic heterocycles. The van der Waals surface area contributed by atoms with E-state index in [4.69, 9.17) is 16.3 Å². The highest BCUT2D eigenvalue weighted by Crippen LogP contribution is 2.29. The molecule has 2 aromatic carbocycles. The van der Waals surface area contributed by atoms with Gasteiger partial charge in [-0.05, 0) is 36.8 Å². The summed E-state index contributed by atoms with van der Waals surface area (Å²) in [6.07, 6.45) is -1.29. The Morgan fingerprint density at radius 2 is 2.13 bits per heavy atom. The minimum Gasteiger partial charge on any atom is -0.492 e. The third kappa shape index (κ3) is 4.94. The fraction of sp³-hybridized carbons (Fsp3) is 0.235. The number of aliphatic hydroxyl groups excluding tert-OH is 1. The molecular formula is C17H17ClFNO3. The highest BCUT2D eigenvalue weighted by molar-refractivity contribution is 6.30. The number of benzene rings is 2. The maximum Gasteiger partial charge on any atom is 0.227 e. The van der Waals surface area contributed by atoms with Gasteiger partial charge in [-0.1, -0.05) is 23.7 Å². The third-order valence-electron chi connectivity index (χ3n) is 3.13. The number of carbonyl (C=O) groups excluding carboxylic acids is 1. The molecule has 23 heavy (non-hydrogen) atoms. The average molecular weight is 338 g/mol. The quantitative estimate of drug-likeness (QED) is 0.839. The second-order valence-electron chi connectivity index (χ2n) is 4.90. The number of anilines is 1. The largest absolute Gasteiger partial charge is 0.492 e. The summed E-state index contributed by atoms with van der Waals surface area (Å²) in [7, 11) is 0. The molecule has 0 aliphatic rings. The van der Waals surface area contributed by atoms with Gasteiger partial charge in [0.1, 0.15) is 11.6 Å². The van der Waals surface area contributed by atoms with Crippen LogP contribution >= 0.6 is 11.6 Å². The predicted molar refractivity (Wildman–Crippen MR) is 87.2 cm³/mol. The fourth-order valence-corrected chi connectivity index (χ4v) is 2.25. The van der Waals surface area contributed by atoms with Crippen molar-refractivity contribution in [3.05, 3.63) is 58.9 Å². The molecule has 1 unspecified atom stereocenters. The highest BCUT2D eigenvalue weighted by atomic mass is 35.5. The molecule has 2 rings (SSSR count). The molecule has 0 saturated heterocycles. The van der Waals surface area contributed by atoms with E-state index in [-0.39, 0.29) is 6.42 Å². The van der Waals surface area contributed by atoms with Crippen molar-refractivity contribution in [3.8, 4) is 5.75 Å². The van der Waals surface area contributed by atoms with E-state index >= 15 is 0 Å². The zero-order valence-corrected chi connectivity index (χ0v) is 13.3. The molecular weight excluding hydrogens is 321 g/mol. The molecule has 1 atom stereocenters. The van der Waals surface area contributed by atoms with Crippen molar-refractivity contribution in [2.75, 3.05) is 11.9 Å². The van der Waals surface area contributed by atoms with Crippen LogP contribution in [-0.2, 0) is 4.79 Å². The molecule has 0 aliphatic carbocycles. The lowest BCUT2D eigenvalue weighted by Gasteiger charge is -2.14. The number of nitrogens with one attached hydrogen (secondary N) is 1. The van der Waals surface area contributed by atoms with E-state index in [1.807, 2.05) is 6.92 Å². The van der Waals surface area contributed by atoms with Crippen molar-refractivity contribution in [2.45, 2.75) is 19.4 Å². The van der Waals surface area contributed by atoms with Crippen LogP contribution in [-0.4, -0.2) is 17.6 Å². The molecule has 4 nitrogen and oxygen atoms in total. The van der Waals surface area contributed by atoms with Crippen LogP contribution in [0.5, 0.6) is 5.75 Å². The Morgan fingerprint density at radius 3 is 2.83 bits per heavy atom. The molecule has 0 spiro atoms. The first-order chi connectivity index (χ1) is 11.0. The summed E-state index contributed by atoms with van der Waals surface area (Å²) in [6, 6.07) is 10.4. The summed E-state index contributed by atoms with van der Waals surface area (Å²) in [5.74, 6) is -0.420. The van der Waals surface area contributed by atoms with Crippen LogP contribution in [0.3, 0.4) is 0 Å². The normalized spacial score (nSPS) is 11.8. The van der Waals surface area contributed by atoms with Gasteiger partial charge in [-0.3, -0.25) is 4.79 Å². The molecule has 0 aliphatic heterocycles. The van der Waals surface area contributed by atoms with Gasteiger partial charge in [-0.2, -0.15) is 0 Å². The molecule has 0 saturated carbocycles. The summed E-state index contributed by atoms with van der Waals surface area (Å²) >= 11 is 5.90. The highest BCUT2D eigenvalue weighted by Gasteiger charge is 2.15. The number of rotatable bonds is 6. The van der Waals surface area contributed by atoms with E-state index < -0.39 is 17.8 Å². The number of carbonyl (C=O) groups is 1. The minimum atomic E-state index is -1.09. The van der Waals surface area contributed by atoms with Crippen LogP contribution in [0.15, 0.2) is 42.5 Å². The number of amides is 1. The lowest BCUT2D eigenvalue weighted by atomic mass is 10.1. The van der Waals surface area contributed by atoms with Crippen LogP contribution in [0, 0.1) is 5.82 Å². The Labute approximate surface area is 138 Å². The molecule has 0 heterocycles. The first-order valence-electron chi connectivity index (χ1n) is 7.15. The molecule has 2 N–H and O–H groups in total. The lowest BCUT2D eigenvalue weighted by molar-refractivity contribution is -0.118. The number of ether oxygens (including phenoxy) is 1. The predicted octanol–water partition coefficient (Wildman–Crippen LogP) is 3.94. The standard InChI is InChI=1S/C17H17ClFNO3/c1-2-23-16-9-12(18)6-7-14(16)20-17(22)10-15(21)11-4-3-5-13(19)8-11/h3-9,15,21H,2,10H2,1H3,(H,20,22). The summed E-state index contributed by atoms with van der Waals surface area (Å²) in [6.45, 7) is 2.25. The van der Waals surface area contributed by atoms with E-state index in [0.29, 0.717) is 28.6 Å². The zero-order valence-electron chi connectivity index (χ0n) is 12.6. The molecule has 1 amide bonds. The fourth-order valence-electron chi connectivity index (χ4n) is 2.08. The average Bonchev–Trinajstić information content (AvgIpc) is 2.50. The Bertz CT molecular complexity index is 693.